The van der Waals surface area contributed by atoms with Crippen molar-refractivity contribution in [2.45, 2.75) is 10.9 Å². The van der Waals surface area contributed by atoms with E-state index in [0.717, 1.165) is 5.56 Å². The van der Waals surface area contributed by atoms with Crippen LogP contribution in [0.4, 0.5) is 4.79 Å². The highest BCUT2D eigenvalue weighted by molar-refractivity contribution is 6.53. The number of alkyl carbamates (subject to hydrolysis) is 1. The third kappa shape index (κ3) is 3.69. The minimum Gasteiger partial charge on any atom is -0.436 e. The number of fused-ring (bicyclic) bond motifs is 3. The van der Waals surface area contributed by atoms with Crippen LogP contribution in [0.5, 0.6) is 0 Å². The zero-order valence-electron chi connectivity index (χ0n) is 12.2. The number of nitrogens with one attached hydrogen (secondary N) is 1. The van der Waals surface area contributed by atoms with Crippen LogP contribution in [0, 0.1) is 0 Å². The Kier molecular flexibility index (Phi) is 5.37. The van der Waals surface area contributed by atoms with Gasteiger partial charge in [-0.1, -0.05) is 64.1 Å². The summed E-state index contributed by atoms with van der Waals surface area (Å²) in [5.74, 6) is -0.887. The van der Waals surface area contributed by atoms with Crippen molar-refractivity contribution in [3.63, 3.8) is 0 Å². The predicted octanol–water partition coefficient (Wildman–Crippen LogP) is 5.77. The summed E-state index contributed by atoms with van der Waals surface area (Å²) in [7, 11) is 0. The third-order valence-corrected chi connectivity index (χ3v) is 4.73. The number of benzene rings is 2. The van der Waals surface area contributed by atoms with Crippen molar-refractivity contribution in [2.24, 2.45) is 0 Å². The van der Waals surface area contributed by atoms with E-state index in [2.05, 4.69) is 0 Å². The molecule has 0 saturated carbocycles. The Morgan fingerprint density at radius 1 is 1.00 bits per heavy atom. The summed E-state index contributed by atoms with van der Waals surface area (Å²) < 4.78 is 5.39. The maximum absolute atomic E-state index is 12.0. The van der Waals surface area contributed by atoms with Crippen LogP contribution in [0.3, 0.4) is 0 Å². The first kappa shape index (κ1) is 18.6. The standard InChI is InChI=1S/C16H8Cl5NO3/c17-6-1-2-8-9(3-6)13(25-16(24)22-15(23)14(20)21)10-4-7(18)5-11(19)12(8)10/h1-5,13-14H,(H,22,23,24)/t13-/m0/s1. The third-order valence-electron chi connectivity index (χ3n) is 3.58. The fourth-order valence-corrected chi connectivity index (χ4v) is 3.55. The molecule has 0 fully saturated rings. The summed E-state index contributed by atoms with van der Waals surface area (Å²) in [5, 5.41) is 3.20. The second kappa shape index (κ2) is 7.22. The van der Waals surface area contributed by atoms with Crippen LogP contribution in [0.15, 0.2) is 30.3 Å². The molecule has 0 aromatic heterocycles. The molecular formula is C16H8Cl5NO3. The number of carbonyl (C=O) groups is 2. The largest absolute Gasteiger partial charge is 0.436 e. The van der Waals surface area contributed by atoms with Gasteiger partial charge >= 0.3 is 6.09 Å². The fourth-order valence-electron chi connectivity index (χ4n) is 2.65. The Balaban J connectivity index is 2.01. The molecule has 1 aliphatic rings. The van der Waals surface area contributed by atoms with Crippen LogP contribution in [0.1, 0.15) is 17.2 Å². The van der Waals surface area contributed by atoms with Gasteiger partial charge in [-0.15, -0.1) is 0 Å². The number of carbonyl (C=O) groups excluding carboxylic acids is 2. The molecule has 0 radical (unpaired) electrons. The molecule has 0 heterocycles. The molecule has 25 heavy (non-hydrogen) atoms. The number of hydrogen-bond acceptors (Lipinski definition) is 3. The van der Waals surface area contributed by atoms with E-state index in [1.165, 1.54) is 0 Å². The minimum absolute atomic E-state index is 0.384. The molecule has 2 aromatic carbocycles. The lowest BCUT2D eigenvalue weighted by atomic mass is 10.1. The van der Waals surface area contributed by atoms with Crippen molar-refractivity contribution in [1.29, 1.82) is 0 Å². The molecule has 2 aromatic rings. The molecule has 0 bridgehead atoms. The molecule has 4 nitrogen and oxygen atoms in total. The molecule has 9 heteroatoms. The van der Waals surface area contributed by atoms with Gasteiger partial charge in [0.25, 0.3) is 5.91 Å². The first-order chi connectivity index (χ1) is 11.8. The van der Waals surface area contributed by atoms with E-state index in [9.17, 15) is 9.59 Å². The summed E-state index contributed by atoms with van der Waals surface area (Å²) in [6, 6.07) is 8.37. The number of rotatable bonds is 2. The van der Waals surface area contributed by atoms with Gasteiger partial charge in [-0.05, 0) is 29.8 Å². The number of halogens is 5. The molecule has 130 valence electrons. The van der Waals surface area contributed by atoms with Crippen molar-refractivity contribution in [2.75, 3.05) is 0 Å². The topological polar surface area (TPSA) is 55.4 Å². The second-order valence-electron chi connectivity index (χ2n) is 5.16. The molecule has 2 amide bonds. The number of alkyl halides is 2. The van der Waals surface area contributed by atoms with Crippen LogP contribution >= 0.6 is 58.0 Å². The minimum atomic E-state index is -1.39. The predicted molar refractivity (Wildman–Crippen MR) is 98.9 cm³/mol. The van der Waals surface area contributed by atoms with Gasteiger partial charge in [-0.3, -0.25) is 10.1 Å². The quantitative estimate of drug-likeness (QED) is 0.604. The van der Waals surface area contributed by atoms with E-state index in [1.807, 2.05) is 5.32 Å². The van der Waals surface area contributed by atoms with E-state index < -0.39 is 22.9 Å². The highest BCUT2D eigenvalue weighted by Crippen LogP contribution is 2.50. The van der Waals surface area contributed by atoms with Gasteiger partial charge in [-0.2, -0.15) is 0 Å². The van der Waals surface area contributed by atoms with Gasteiger partial charge in [-0.25, -0.2) is 4.79 Å². The normalized spacial score (nSPS) is 14.9. The van der Waals surface area contributed by atoms with Gasteiger partial charge in [0.1, 0.15) is 0 Å². The zero-order valence-corrected chi connectivity index (χ0v) is 15.9. The van der Waals surface area contributed by atoms with E-state index in [0.29, 0.717) is 31.8 Å². The lowest BCUT2D eigenvalue weighted by molar-refractivity contribution is -0.118. The zero-order chi connectivity index (χ0) is 18.3. The van der Waals surface area contributed by atoms with Crippen molar-refractivity contribution >= 4 is 70.0 Å². The Labute approximate surface area is 167 Å². The van der Waals surface area contributed by atoms with Crippen molar-refractivity contribution < 1.29 is 14.3 Å². The number of hydrogen-bond donors (Lipinski definition) is 1. The van der Waals surface area contributed by atoms with E-state index >= 15 is 0 Å². The number of imide groups is 1. The lowest BCUT2D eigenvalue weighted by Crippen LogP contribution is -2.35. The van der Waals surface area contributed by atoms with Gasteiger partial charge in [0.15, 0.2) is 10.9 Å². The van der Waals surface area contributed by atoms with Crippen LogP contribution in [-0.2, 0) is 9.53 Å². The summed E-state index contributed by atoms with van der Waals surface area (Å²) in [5.41, 5.74) is 2.67. The molecule has 1 atom stereocenters. The molecule has 0 saturated heterocycles. The number of amides is 2. The first-order valence-corrected chi connectivity index (χ1v) is 8.87. The summed E-state index contributed by atoms with van der Waals surface area (Å²) >= 11 is 29.3. The van der Waals surface area contributed by atoms with Gasteiger partial charge < -0.3 is 4.74 Å². The van der Waals surface area contributed by atoms with Crippen LogP contribution in [0.2, 0.25) is 15.1 Å². The second-order valence-corrected chi connectivity index (χ2v) is 7.54. The molecule has 3 rings (SSSR count). The summed E-state index contributed by atoms with van der Waals surface area (Å²) in [4.78, 5) is 22.1. The Morgan fingerprint density at radius 2 is 1.68 bits per heavy atom. The molecule has 1 aliphatic carbocycles. The molecule has 1 N–H and O–H groups in total. The summed E-state index contributed by atoms with van der Waals surface area (Å²) in [6.45, 7) is 0. The van der Waals surface area contributed by atoms with E-state index in [4.69, 9.17) is 62.7 Å². The Bertz CT molecular complexity index is 884. The average Bonchev–Trinajstić information content (AvgIpc) is 2.80. The average molecular weight is 440 g/mol. The fraction of sp³-hybridized carbons (Fsp3) is 0.125. The van der Waals surface area contributed by atoms with Crippen molar-refractivity contribution in [1.82, 2.24) is 5.32 Å². The highest BCUT2D eigenvalue weighted by atomic mass is 35.5. The molecular weight excluding hydrogens is 431 g/mol. The smallest absolute Gasteiger partial charge is 0.414 e. The van der Waals surface area contributed by atoms with Gasteiger partial charge in [0.05, 0.1) is 5.02 Å². The van der Waals surface area contributed by atoms with E-state index in [1.54, 1.807) is 30.3 Å². The highest BCUT2D eigenvalue weighted by Gasteiger charge is 2.34. The summed E-state index contributed by atoms with van der Waals surface area (Å²) in [6.07, 6.45) is -1.84. The van der Waals surface area contributed by atoms with Gasteiger partial charge in [0, 0.05) is 26.7 Å². The first-order valence-electron chi connectivity index (χ1n) is 6.86. The molecule has 0 aliphatic heterocycles. The van der Waals surface area contributed by atoms with Crippen molar-refractivity contribution in [3.8, 4) is 11.1 Å². The van der Waals surface area contributed by atoms with Crippen LogP contribution < -0.4 is 5.32 Å². The van der Waals surface area contributed by atoms with E-state index in [-0.39, 0.29) is 0 Å². The maximum atomic E-state index is 12.0. The van der Waals surface area contributed by atoms with Gasteiger partial charge in [0.2, 0.25) is 0 Å². The van der Waals surface area contributed by atoms with Crippen LogP contribution in [-0.4, -0.2) is 16.8 Å². The monoisotopic (exact) mass is 437 g/mol. The SMILES string of the molecule is O=C(NC(=O)C(Cl)Cl)O[C@H]1c2cc(Cl)ccc2-c2c(Cl)cc(Cl)cc21. The maximum Gasteiger partial charge on any atom is 0.414 e. The number of ether oxygens (including phenoxy) is 1. The van der Waals surface area contributed by atoms with Crippen LogP contribution in [0.25, 0.3) is 11.1 Å². The van der Waals surface area contributed by atoms with Crippen molar-refractivity contribution in [3.05, 3.63) is 56.5 Å². The Morgan fingerprint density at radius 3 is 2.36 bits per heavy atom. The Hall–Kier alpha value is -1.17. The molecule has 0 unspecified atom stereocenters. The molecule has 0 spiro atoms. The lowest BCUT2D eigenvalue weighted by Gasteiger charge is -2.16.